The van der Waals surface area contributed by atoms with E-state index < -0.39 is 17.5 Å². The molecule has 0 aliphatic carbocycles. The number of hydrogen-bond donors (Lipinski definition) is 1. The van der Waals surface area contributed by atoms with Crippen molar-refractivity contribution in [3.05, 3.63) is 0 Å². The molecular formula is C9H16O4S. The average molecular weight is 220 g/mol. The number of ether oxygens (including phenoxy) is 1. The summed E-state index contributed by atoms with van der Waals surface area (Å²) in [6.07, 6.45) is 0. The molecule has 5 heteroatoms. The SMILES string of the molecule is CCSC(=O)[C@H](C)[C@@](C)(O)C(=O)OC. The monoisotopic (exact) mass is 220 g/mol. The van der Waals surface area contributed by atoms with Crippen molar-refractivity contribution in [2.24, 2.45) is 5.92 Å². The summed E-state index contributed by atoms with van der Waals surface area (Å²) < 4.78 is 4.41. The molecule has 0 spiro atoms. The highest BCUT2D eigenvalue weighted by atomic mass is 32.2. The third kappa shape index (κ3) is 2.99. The number of carbonyl (C=O) groups excluding carboxylic acids is 2. The smallest absolute Gasteiger partial charge is 0.338 e. The zero-order valence-corrected chi connectivity index (χ0v) is 9.68. The van der Waals surface area contributed by atoms with Gasteiger partial charge in [-0.15, -0.1) is 0 Å². The normalized spacial score (nSPS) is 16.9. The summed E-state index contributed by atoms with van der Waals surface area (Å²) in [6, 6.07) is 0. The number of methoxy groups -OCH3 is 1. The highest BCUT2D eigenvalue weighted by Gasteiger charge is 2.41. The molecule has 0 rings (SSSR count). The van der Waals surface area contributed by atoms with Gasteiger partial charge in [-0.2, -0.15) is 0 Å². The quantitative estimate of drug-likeness (QED) is 0.711. The minimum absolute atomic E-state index is 0.206. The van der Waals surface area contributed by atoms with Crippen LogP contribution in [0.25, 0.3) is 0 Å². The molecule has 1 N–H and O–H groups in total. The Bertz CT molecular complexity index is 225. The molecule has 0 fully saturated rings. The molecule has 0 saturated carbocycles. The van der Waals surface area contributed by atoms with Gasteiger partial charge in [-0.1, -0.05) is 25.6 Å². The van der Waals surface area contributed by atoms with Crippen LogP contribution < -0.4 is 0 Å². The minimum atomic E-state index is -1.74. The van der Waals surface area contributed by atoms with Gasteiger partial charge < -0.3 is 9.84 Å². The molecule has 2 atom stereocenters. The third-order valence-electron chi connectivity index (χ3n) is 2.08. The fraction of sp³-hybridized carbons (Fsp3) is 0.778. The van der Waals surface area contributed by atoms with Crippen molar-refractivity contribution in [1.29, 1.82) is 0 Å². The van der Waals surface area contributed by atoms with Crippen molar-refractivity contribution in [3.63, 3.8) is 0 Å². The van der Waals surface area contributed by atoms with Gasteiger partial charge >= 0.3 is 5.97 Å². The van der Waals surface area contributed by atoms with Crippen LogP contribution in [-0.2, 0) is 14.3 Å². The molecule has 0 aliphatic heterocycles. The van der Waals surface area contributed by atoms with Crippen molar-refractivity contribution in [2.45, 2.75) is 26.4 Å². The first-order valence-corrected chi connectivity index (χ1v) is 5.33. The number of thioether (sulfide) groups is 1. The number of aliphatic hydroxyl groups is 1. The lowest BCUT2D eigenvalue weighted by molar-refractivity contribution is -0.166. The minimum Gasteiger partial charge on any atom is -0.467 e. The Kier molecular flexibility index (Phi) is 5.15. The van der Waals surface area contributed by atoms with Gasteiger partial charge in [0.05, 0.1) is 13.0 Å². The van der Waals surface area contributed by atoms with Crippen LogP contribution in [0.1, 0.15) is 20.8 Å². The van der Waals surface area contributed by atoms with Gasteiger partial charge in [-0.3, -0.25) is 4.79 Å². The summed E-state index contributed by atoms with van der Waals surface area (Å²) in [5, 5.41) is 9.53. The maximum atomic E-state index is 11.4. The lowest BCUT2D eigenvalue weighted by Crippen LogP contribution is -2.45. The van der Waals surface area contributed by atoms with Crippen LogP contribution in [0.15, 0.2) is 0 Å². The van der Waals surface area contributed by atoms with E-state index in [0.29, 0.717) is 5.75 Å². The van der Waals surface area contributed by atoms with E-state index >= 15 is 0 Å². The fourth-order valence-electron chi connectivity index (χ4n) is 0.880. The van der Waals surface area contributed by atoms with E-state index in [0.717, 1.165) is 11.8 Å². The summed E-state index contributed by atoms with van der Waals surface area (Å²) in [6.45, 7) is 4.64. The lowest BCUT2D eigenvalue weighted by Gasteiger charge is -2.25. The Balaban J connectivity index is 4.56. The second-order valence-corrected chi connectivity index (χ2v) is 4.38. The molecule has 0 unspecified atom stereocenters. The van der Waals surface area contributed by atoms with E-state index in [1.165, 1.54) is 21.0 Å². The third-order valence-corrected chi connectivity index (χ3v) is 3.01. The summed E-state index contributed by atoms with van der Waals surface area (Å²) in [5.74, 6) is -0.921. The van der Waals surface area contributed by atoms with Crippen molar-refractivity contribution in [1.82, 2.24) is 0 Å². The van der Waals surface area contributed by atoms with Crippen LogP contribution in [0.3, 0.4) is 0 Å². The zero-order chi connectivity index (χ0) is 11.4. The van der Waals surface area contributed by atoms with E-state index in [4.69, 9.17) is 0 Å². The second-order valence-electron chi connectivity index (χ2n) is 3.11. The lowest BCUT2D eigenvalue weighted by atomic mass is 9.92. The average Bonchev–Trinajstić information content (AvgIpc) is 2.15. The molecule has 14 heavy (non-hydrogen) atoms. The largest absolute Gasteiger partial charge is 0.467 e. The topological polar surface area (TPSA) is 63.6 Å². The molecule has 0 heterocycles. The molecular weight excluding hydrogens is 204 g/mol. The highest BCUT2D eigenvalue weighted by Crippen LogP contribution is 2.23. The van der Waals surface area contributed by atoms with Crippen LogP contribution in [0.2, 0.25) is 0 Å². The summed E-state index contributed by atoms with van der Waals surface area (Å²) in [7, 11) is 1.18. The molecule has 0 saturated heterocycles. The highest BCUT2D eigenvalue weighted by molar-refractivity contribution is 8.13. The van der Waals surface area contributed by atoms with Gasteiger partial charge in [0.25, 0.3) is 0 Å². The standard InChI is InChI=1S/C9H16O4S/c1-5-14-7(10)6(2)9(3,12)8(11)13-4/h6,12H,5H2,1-4H3/t6-,9+/m0/s1. The Hall–Kier alpha value is -0.550. The summed E-state index contributed by atoms with van der Waals surface area (Å²) >= 11 is 1.09. The molecule has 0 aliphatic rings. The van der Waals surface area contributed by atoms with Crippen molar-refractivity contribution in [3.8, 4) is 0 Å². The first kappa shape index (κ1) is 13.4. The van der Waals surface area contributed by atoms with Gasteiger partial charge in [-0.05, 0) is 12.7 Å². The van der Waals surface area contributed by atoms with Crippen LogP contribution in [0.4, 0.5) is 0 Å². The molecule has 0 aromatic heterocycles. The van der Waals surface area contributed by atoms with Crippen molar-refractivity contribution in [2.75, 3.05) is 12.9 Å². The molecule has 82 valence electrons. The van der Waals surface area contributed by atoms with Crippen LogP contribution in [-0.4, -0.2) is 34.7 Å². The van der Waals surface area contributed by atoms with E-state index in [2.05, 4.69) is 4.74 Å². The van der Waals surface area contributed by atoms with Crippen LogP contribution in [0.5, 0.6) is 0 Å². The summed E-state index contributed by atoms with van der Waals surface area (Å²) in [5.41, 5.74) is -1.74. The molecule has 4 nitrogen and oxygen atoms in total. The summed E-state index contributed by atoms with van der Waals surface area (Å²) in [4.78, 5) is 22.6. The van der Waals surface area contributed by atoms with Gasteiger partial charge in [0.15, 0.2) is 10.7 Å². The Labute approximate surface area is 88.0 Å². The number of rotatable bonds is 4. The number of esters is 1. The fourth-order valence-corrected chi connectivity index (χ4v) is 1.64. The van der Waals surface area contributed by atoms with Crippen LogP contribution >= 0.6 is 11.8 Å². The van der Waals surface area contributed by atoms with Gasteiger partial charge in [0, 0.05) is 0 Å². The van der Waals surface area contributed by atoms with Crippen LogP contribution in [0, 0.1) is 5.92 Å². The Morgan fingerprint density at radius 1 is 1.57 bits per heavy atom. The maximum Gasteiger partial charge on any atom is 0.338 e. The zero-order valence-electron chi connectivity index (χ0n) is 8.86. The Morgan fingerprint density at radius 2 is 2.07 bits per heavy atom. The van der Waals surface area contributed by atoms with Gasteiger partial charge in [0.1, 0.15) is 0 Å². The predicted octanol–water partition coefficient (Wildman–Crippen LogP) is 0.826. The molecule has 0 aromatic rings. The Morgan fingerprint density at radius 3 is 2.43 bits per heavy atom. The molecule has 0 amide bonds. The number of carbonyl (C=O) groups is 2. The predicted molar refractivity (Wildman–Crippen MR) is 54.9 cm³/mol. The van der Waals surface area contributed by atoms with Crippen molar-refractivity contribution < 1.29 is 19.4 Å². The van der Waals surface area contributed by atoms with E-state index in [-0.39, 0.29) is 5.12 Å². The van der Waals surface area contributed by atoms with Gasteiger partial charge in [-0.25, -0.2) is 4.79 Å². The number of hydrogen-bond acceptors (Lipinski definition) is 5. The van der Waals surface area contributed by atoms with E-state index in [9.17, 15) is 14.7 Å². The van der Waals surface area contributed by atoms with Gasteiger partial charge in [0.2, 0.25) is 0 Å². The second kappa shape index (κ2) is 5.36. The van der Waals surface area contributed by atoms with E-state index in [1.807, 2.05) is 6.92 Å². The van der Waals surface area contributed by atoms with E-state index in [1.54, 1.807) is 0 Å². The molecule has 0 bridgehead atoms. The van der Waals surface area contributed by atoms with Crippen molar-refractivity contribution >= 4 is 22.8 Å². The maximum absolute atomic E-state index is 11.4. The first-order valence-electron chi connectivity index (χ1n) is 4.35. The molecule has 0 aromatic carbocycles. The molecule has 0 radical (unpaired) electrons. The first-order chi connectivity index (χ1) is 6.37.